The highest BCUT2D eigenvalue weighted by Gasteiger charge is 2.27. The van der Waals surface area contributed by atoms with E-state index in [9.17, 15) is 9.90 Å². The number of thiophene rings is 1. The van der Waals surface area contributed by atoms with Gasteiger partial charge < -0.3 is 10.0 Å². The Morgan fingerprint density at radius 1 is 1.50 bits per heavy atom. The van der Waals surface area contributed by atoms with E-state index < -0.39 is 6.10 Å². The molecule has 3 aromatic heterocycles. The monoisotopic (exact) mass is 342 g/mol. The number of hydrogen-bond acceptors (Lipinski definition) is 5. The second kappa shape index (κ2) is 5.99. The summed E-state index contributed by atoms with van der Waals surface area (Å²) in [6.45, 7) is 3.52. The fraction of sp³-hybridized carbons (Fsp3) is 0.353. The summed E-state index contributed by atoms with van der Waals surface area (Å²) in [5, 5.41) is 16.9. The Balaban J connectivity index is 1.74. The highest BCUT2D eigenvalue weighted by molar-refractivity contribution is 7.09. The molecule has 0 bridgehead atoms. The zero-order chi connectivity index (χ0) is 16.7. The summed E-state index contributed by atoms with van der Waals surface area (Å²) < 4.78 is 1.84. The maximum Gasteiger partial charge on any atom is 0.254 e. The highest BCUT2D eigenvalue weighted by Crippen LogP contribution is 2.23. The number of aliphatic hydroxyl groups excluding tert-OH is 1. The van der Waals surface area contributed by atoms with Crippen LogP contribution in [0.3, 0.4) is 0 Å². The van der Waals surface area contributed by atoms with Crippen molar-refractivity contribution in [2.24, 2.45) is 0 Å². The minimum Gasteiger partial charge on any atom is -0.391 e. The minimum atomic E-state index is -0.422. The predicted octanol–water partition coefficient (Wildman–Crippen LogP) is 2.06. The first-order chi connectivity index (χ1) is 11.6. The van der Waals surface area contributed by atoms with Crippen LogP contribution in [0.4, 0.5) is 0 Å². The zero-order valence-electron chi connectivity index (χ0n) is 13.3. The van der Waals surface area contributed by atoms with Crippen molar-refractivity contribution in [3.05, 3.63) is 45.9 Å². The second-order valence-corrected chi connectivity index (χ2v) is 7.16. The molecule has 1 atom stereocenters. The van der Waals surface area contributed by atoms with Crippen molar-refractivity contribution in [2.75, 3.05) is 13.1 Å². The van der Waals surface area contributed by atoms with Crippen molar-refractivity contribution < 1.29 is 9.90 Å². The van der Waals surface area contributed by atoms with Crippen molar-refractivity contribution in [2.45, 2.75) is 26.0 Å². The molecule has 1 N–H and O–H groups in total. The number of likely N-dealkylation sites (tertiary alicyclic amines) is 1. The Kier molecular flexibility index (Phi) is 3.82. The van der Waals surface area contributed by atoms with E-state index in [0.717, 1.165) is 16.7 Å². The van der Waals surface area contributed by atoms with Gasteiger partial charge in [-0.3, -0.25) is 4.79 Å². The van der Waals surface area contributed by atoms with Crippen LogP contribution in [0.25, 0.3) is 11.0 Å². The third-order valence-electron chi connectivity index (χ3n) is 4.30. The molecule has 0 aromatic carbocycles. The van der Waals surface area contributed by atoms with Crippen molar-refractivity contribution in [3.63, 3.8) is 0 Å². The fourth-order valence-corrected chi connectivity index (χ4v) is 3.80. The molecule has 24 heavy (non-hydrogen) atoms. The molecule has 124 valence electrons. The lowest BCUT2D eigenvalue weighted by Gasteiger charge is -2.16. The van der Waals surface area contributed by atoms with Crippen LogP contribution < -0.4 is 0 Å². The lowest BCUT2D eigenvalue weighted by atomic mass is 10.1. The van der Waals surface area contributed by atoms with E-state index in [1.165, 1.54) is 4.88 Å². The molecule has 7 heteroatoms. The van der Waals surface area contributed by atoms with Crippen LogP contribution in [0.2, 0.25) is 0 Å². The molecule has 4 rings (SSSR count). The number of carbonyl (C=O) groups is 1. The van der Waals surface area contributed by atoms with Gasteiger partial charge in [0.15, 0.2) is 5.65 Å². The van der Waals surface area contributed by atoms with E-state index in [4.69, 9.17) is 0 Å². The van der Waals surface area contributed by atoms with Gasteiger partial charge in [0.2, 0.25) is 0 Å². The Hall–Kier alpha value is -2.25. The number of aromatic nitrogens is 3. The van der Waals surface area contributed by atoms with E-state index in [2.05, 4.69) is 16.1 Å². The van der Waals surface area contributed by atoms with Gasteiger partial charge in [0, 0.05) is 23.7 Å². The third kappa shape index (κ3) is 2.70. The summed E-state index contributed by atoms with van der Waals surface area (Å²) in [6.07, 6.45) is 1.93. The maximum atomic E-state index is 12.8. The maximum absolute atomic E-state index is 12.8. The van der Waals surface area contributed by atoms with E-state index in [-0.39, 0.29) is 5.91 Å². The SMILES string of the molecule is Cc1cc(C(=O)N2CC[C@H](O)C2)c2cnn(Cc3cccs3)c2n1. The zero-order valence-corrected chi connectivity index (χ0v) is 14.2. The molecule has 1 aliphatic rings. The molecule has 0 spiro atoms. The largest absolute Gasteiger partial charge is 0.391 e. The first kappa shape index (κ1) is 15.3. The molecule has 6 nitrogen and oxygen atoms in total. The summed E-state index contributed by atoms with van der Waals surface area (Å²) in [5.41, 5.74) is 2.13. The Morgan fingerprint density at radius 3 is 3.08 bits per heavy atom. The van der Waals surface area contributed by atoms with Crippen LogP contribution in [-0.2, 0) is 6.54 Å². The van der Waals surface area contributed by atoms with Crippen LogP contribution >= 0.6 is 11.3 Å². The Bertz CT molecular complexity index is 888. The molecule has 0 unspecified atom stereocenters. The molecule has 1 aliphatic heterocycles. The van der Waals surface area contributed by atoms with Gasteiger partial charge in [-0.2, -0.15) is 5.10 Å². The van der Waals surface area contributed by atoms with E-state index in [1.807, 2.05) is 29.1 Å². The first-order valence-electron chi connectivity index (χ1n) is 7.94. The smallest absolute Gasteiger partial charge is 0.254 e. The molecule has 1 saturated heterocycles. The average molecular weight is 342 g/mol. The Morgan fingerprint density at radius 2 is 2.38 bits per heavy atom. The molecular formula is C17H18N4O2S. The van der Waals surface area contributed by atoms with Gasteiger partial charge in [-0.25, -0.2) is 9.67 Å². The van der Waals surface area contributed by atoms with Gasteiger partial charge in [0.25, 0.3) is 5.91 Å². The average Bonchev–Trinajstić information content (AvgIpc) is 3.29. The van der Waals surface area contributed by atoms with Crippen LogP contribution in [0.5, 0.6) is 0 Å². The quantitative estimate of drug-likeness (QED) is 0.791. The van der Waals surface area contributed by atoms with Crippen molar-refractivity contribution in [3.8, 4) is 0 Å². The minimum absolute atomic E-state index is 0.0577. The first-order valence-corrected chi connectivity index (χ1v) is 8.82. The van der Waals surface area contributed by atoms with Crippen LogP contribution in [0, 0.1) is 6.92 Å². The van der Waals surface area contributed by atoms with Gasteiger partial charge in [-0.15, -0.1) is 11.3 Å². The normalized spacial score (nSPS) is 17.8. The fourth-order valence-electron chi connectivity index (χ4n) is 3.11. The number of amides is 1. The summed E-state index contributed by atoms with van der Waals surface area (Å²) in [4.78, 5) is 20.3. The number of fused-ring (bicyclic) bond motifs is 1. The van der Waals surface area contributed by atoms with Gasteiger partial charge in [0.05, 0.1) is 29.8 Å². The number of rotatable bonds is 3. The van der Waals surface area contributed by atoms with E-state index >= 15 is 0 Å². The topological polar surface area (TPSA) is 71.2 Å². The lowest BCUT2D eigenvalue weighted by Crippen LogP contribution is -2.29. The van der Waals surface area contributed by atoms with Gasteiger partial charge in [-0.1, -0.05) is 6.07 Å². The summed E-state index contributed by atoms with van der Waals surface area (Å²) in [5.74, 6) is -0.0577. The number of carbonyl (C=O) groups excluding carboxylic acids is 1. The molecule has 0 saturated carbocycles. The summed E-state index contributed by atoms with van der Waals surface area (Å²) >= 11 is 1.67. The molecule has 0 aliphatic carbocycles. The molecular weight excluding hydrogens is 324 g/mol. The van der Waals surface area contributed by atoms with E-state index in [0.29, 0.717) is 31.6 Å². The van der Waals surface area contributed by atoms with Crippen molar-refractivity contribution in [1.29, 1.82) is 0 Å². The highest BCUT2D eigenvalue weighted by atomic mass is 32.1. The number of nitrogens with zero attached hydrogens (tertiary/aromatic N) is 4. The van der Waals surface area contributed by atoms with Gasteiger partial charge in [-0.05, 0) is 30.9 Å². The molecule has 0 radical (unpaired) electrons. The molecule has 1 fully saturated rings. The van der Waals surface area contributed by atoms with Crippen molar-refractivity contribution >= 4 is 28.3 Å². The molecule has 3 aromatic rings. The summed E-state index contributed by atoms with van der Waals surface area (Å²) in [7, 11) is 0. The molecule has 4 heterocycles. The van der Waals surface area contributed by atoms with Gasteiger partial charge in [0.1, 0.15) is 0 Å². The predicted molar refractivity (Wildman–Crippen MR) is 92.2 cm³/mol. The van der Waals surface area contributed by atoms with Crippen LogP contribution in [-0.4, -0.2) is 49.9 Å². The summed E-state index contributed by atoms with van der Waals surface area (Å²) in [6, 6.07) is 5.89. The van der Waals surface area contributed by atoms with Gasteiger partial charge >= 0.3 is 0 Å². The number of pyridine rings is 1. The van der Waals surface area contributed by atoms with Crippen molar-refractivity contribution in [1.82, 2.24) is 19.7 Å². The van der Waals surface area contributed by atoms with Crippen LogP contribution in [0.15, 0.2) is 29.8 Å². The Labute approximate surface area is 143 Å². The van der Waals surface area contributed by atoms with E-state index in [1.54, 1.807) is 22.4 Å². The number of aliphatic hydroxyl groups is 1. The number of aryl methyl sites for hydroxylation is 1. The molecule has 1 amide bonds. The third-order valence-corrected chi connectivity index (χ3v) is 5.17. The number of hydrogen-bond donors (Lipinski definition) is 1. The number of β-amino-alcohol motifs (C(OH)–C–C–N with tert-alkyl or cyclic N) is 1. The standard InChI is InChI=1S/C17H18N4O2S/c1-11-7-14(17(23)20-5-4-12(22)9-20)15-8-18-21(16(15)19-11)10-13-3-2-6-24-13/h2-3,6-8,12,22H,4-5,9-10H2,1H3/t12-/m0/s1. The van der Waals surface area contributed by atoms with Crippen LogP contribution in [0.1, 0.15) is 27.3 Å². The lowest BCUT2D eigenvalue weighted by molar-refractivity contribution is 0.0766. The second-order valence-electron chi connectivity index (χ2n) is 6.12.